The maximum atomic E-state index is 14.0. The van der Waals surface area contributed by atoms with E-state index in [1.54, 1.807) is 17.0 Å². The van der Waals surface area contributed by atoms with Crippen LogP contribution in [0.5, 0.6) is 0 Å². The van der Waals surface area contributed by atoms with Gasteiger partial charge in [0.1, 0.15) is 5.82 Å². The van der Waals surface area contributed by atoms with E-state index in [-0.39, 0.29) is 17.5 Å². The summed E-state index contributed by atoms with van der Waals surface area (Å²) in [6.45, 7) is 0.519. The Morgan fingerprint density at radius 2 is 1.86 bits per heavy atom. The summed E-state index contributed by atoms with van der Waals surface area (Å²) in [5.41, 5.74) is 1.19. The first-order valence-electron chi connectivity index (χ1n) is 6.95. The summed E-state index contributed by atoms with van der Waals surface area (Å²) in [5, 5.41) is 0. The van der Waals surface area contributed by atoms with Crippen molar-refractivity contribution in [2.75, 3.05) is 0 Å². The summed E-state index contributed by atoms with van der Waals surface area (Å²) < 4.78 is 14.5. The number of benzene rings is 2. The van der Waals surface area contributed by atoms with Crippen LogP contribution >= 0.6 is 15.9 Å². The summed E-state index contributed by atoms with van der Waals surface area (Å²) in [6.07, 6.45) is 1.98. The molecule has 0 bridgehead atoms. The molecule has 2 aromatic carbocycles. The quantitative estimate of drug-likeness (QED) is 0.802. The van der Waals surface area contributed by atoms with Crippen molar-refractivity contribution in [2.45, 2.75) is 25.4 Å². The SMILES string of the molecule is O=C(c1c(F)cccc1Br)N(Cc1ccccc1)C1CC1. The molecule has 2 aromatic rings. The van der Waals surface area contributed by atoms with Gasteiger partial charge in [-0.3, -0.25) is 4.79 Å². The predicted molar refractivity (Wildman–Crippen MR) is 83.4 cm³/mol. The largest absolute Gasteiger partial charge is 0.331 e. The van der Waals surface area contributed by atoms with E-state index in [2.05, 4.69) is 15.9 Å². The number of carbonyl (C=O) groups excluding carboxylic acids is 1. The number of nitrogens with zero attached hydrogens (tertiary/aromatic N) is 1. The van der Waals surface area contributed by atoms with Crippen LogP contribution in [0.4, 0.5) is 4.39 Å². The first-order valence-corrected chi connectivity index (χ1v) is 7.75. The average molecular weight is 348 g/mol. The summed E-state index contributed by atoms with van der Waals surface area (Å²) in [7, 11) is 0. The number of hydrogen-bond donors (Lipinski definition) is 0. The zero-order chi connectivity index (χ0) is 14.8. The fourth-order valence-electron chi connectivity index (χ4n) is 2.38. The zero-order valence-corrected chi connectivity index (χ0v) is 13.0. The Bertz CT molecular complexity index is 635. The number of halogens is 2. The molecule has 1 saturated carbocycles. The van der Waals surface area contributed by atoms with Gasteiger partial charge in [-0.2, -0.15) is 0 Å². The third kappa shape index (κ3) is 3.16. The summed E-state index contributed by atoms with van der Waals surface area (Å²) in [4.78, 5) is 14.5. The molecule has 108 valence electrons. The van der Waals surface area contributed by atoms with Gasteiger partial charge in [0.25, 0.3) is 5.91 Å². The van der Waals surface area contributed by atoms with Crippen LogP contribution in [0.15, 0.2) is 53.0 Å². The second-order valence-corrected chi connectivity index (χ2v) is 6.10. The van der Waals surface area contributed by atoms with Gasteiger partial charge in [-0.1, -0.05) is 36.4 Å². The maximum Gasteiger partial charge on any atom is 0.258 e. The van der Waals surface area contributed by atoms with Gasteiger partial charge in [-0.05, 0) is 46.5 Å². The smallest absolute Gasteiger partial charge is 0.258 e. The molecule has 0 saturated heterocycles. The molecule has 1 fully saturated rings. The highest BCUT2D eigenvalue weighted by molar-refractivity contribution is 9.10. The van der Waals surface area contributed by atoms with Gasteiger partial charge in [-0.15, -0.1) is 0 Å². The molecule has 0 aliphatic heterocycles. The van der Waals surface area contributed by atoms with Crippen LogP contribution in [0.1, 0.15) is 28.8 Å². The van der Waals surface area contributed by atoms with E-state index in [1.807, 2.05) is 30.3 Å². The standard InChI is InChI=1S/C17H15BrFNO/c18-14-7-4-8-15(19)16(14)17(21)20(13-9-10-13)11-12-5-2-1-3-6-12/h1-8,13H,9-11H2. The van der Waals surface area contributed by atoms with E-state index in [0.717, 1.165) is 18.4 Å². The molecule has 0 spiro atoms. The minimum absolute atomic E-state index is 0.125. The van der Waals surface area contributed by atoms with Crippen molar-refractivity contribution < 1.29 is 9.18 Å². The number of carbonyl (C=O) groups is 1. The van der Waals surface area contributed by atoms with Gasteiger partial charge in [0, 0.05) is 17.1 Å². The first kappa shape index (κ1) is 14.3. The molecule has 0 heterocycles. The van der Waals surface area contributed by atoms with Gasteiger partial charge in [0.15, 0.2) is 0 Å². The fraction of sp³-hybridized carbons (Fsp3) is 0.235. The lowest BCUT2D eigenvalue weighted by Crippen LogP contribution is -2.33. The van der Waals surface area contributed by atoms with Crippen LogP contribution in [0, 0.1) is 5.82 Å². The third-order valence-corrected chi connectivity index (χ3v) is 4.28. The van der Waals surface area contributed by atoms with Gasteiger partial charge in [0.05, 0.1) is 5.56 Å². The Kier molecular flexibility index (Phi) is 4.06. The molecule has 0 aromatic heterocycles. The number of hydrogen-bond acceptors (Lipinski definition) is 1. The third-order valence-electron chi connectivity index (χ3n) is 3.62. The summed E-state index contributed by atoms with van der Waals surface area (Å²) in [6, 6.07) is 14.7. The minimum atomic E-state index is -0.479. The van der Waals surface area contributed by atoms with Crippen molar-refractivity contribution in [3.63, 3.8) is 0 Å². The second-order valence-electron chi connectivity index (χ2n) is 5.25. The van der Waals surface area contributed by atoms with Crippen LogP contribution in [0.25, 0.3) is 0 Å². The van der Waals surface area contributed by atoms with Crippen molar-refractivity contribution in [3.05, 3.63) is 69.9 Å². The van der Waals surface area contributed by atoms with Gasteiger partial charge in [0.2, 0.25) is 0 Å². The van der Waals surface area contributed by atoms with Crippen molar-refractivity contribution >= 4 is 21.8 Å². The fourth-order valence-corrected chi connectivity index (χ4v) is 2.89. The molecule has 0 unspecified atom stereocenters. The second kappa shape index (κ2) is 5.98. The van der Waals surface area contributed by atoms with Crippen molar-refractivity contribution in [1.82, 2.24) is 4.90 Å². The molecule has 1 aliphatic rings. The Hall–Kier alpha value is -1.68. The Balaban J connectivity index is 1.89. The van der Waals surface area contributed by atoms with Crippen LogP contribution in [-0.2, 0) is 6.54 Å². The highest BCUT2D eigenvalue weighted by Crippen LogP contribution is 2.32. The summed E-state index contributed by atoms with van der Waals surface area (Å²) >= 11 is 3.28. The molecule has 2 nitrogen and oxygen atoms in total. The molecule has 4 heteroatoms. The molecule has 1 aliphatic carbocycles. The maximum absolute atomic E-state index is 14.0. The molecule has 21 heavy (non-hydrogen) atoms. The van der Waals surface area contributed by atoms with E-state index < -0.39 is 5.82 Å². The van der Waals surface area contributed by atoms with Crippen molar-refractivity contribution in [1.29, 1.82) is 0 Å². The van der Waals surface area contributed by atoms with Crippen molar-refractivity contribution in [2.24, 2.45) is 0 Å². The molecule has 1 amide bonds. The van der Waals surface area contributed by atoms with Crippen molar-refractivity contribution in [3.8, 4) is 0 Å². The molecular formula is C17H15BrFNO. The summed E-state index contributed by atoms with van der Waals surface area (Å²) in [5.74, 6) is -0.723. The van der Waals surface area contributed by atoms with Gasteiger partial charge in [-0.25, -0.2) is 4.39 Å². The minimum Gasteiger partial charge on any atom is -0.331 e. The zero-order valence-electron chi connectivity index (χ0n) is 11.4. The van der Waals surface area contributed by atoms with E-state index in [1.165, 1.54) is 6.07 Å². The lowest BCUT2D eigenvalue weighted by molar-refractivity contribution is 0.0724. The number of rotatable bonds is 4. The van der Waals surface area contributed by atoms with E-state index in [4.69, 9.17) is 0 Å². The van der Waals surface area contributed by atoms with Crippen LogP contribution in [0.3, 0.4) is 0 Å². The molecule has 0 atom stereocenters. The Morgan fingerprint density at radius 3 is 2.48 bits per heavy atom. The van der Waals surface area contributed by atoms with Crippen LogP contribution in [-0.4, -0.2) is 16.8 Å². The first-order chi connectivity index (χ1) is 10.2. The average Bonchev–Trinajstić information content (AvgIpc) is 3.30. The van der Waals surface area contributed by atoms with Crippen LogP contribution in [0.2, 0.25) is 0 Å². The highest BCUT2D eigenvalue weighted by Gasteiger charge is 2.34. The Morgan fingerprint density at radius 1 is 1.14 bits per heavy atom. The molecule has 0 radical (unpaired) electrons. The lowest BCUT2D eigenvalue weighted by atomic mass is 10.1. The van der Waals surface area contributed by atoms with E-state index >= 15 is 0 Å². The predicted octanol–water partition coefficient (Wildman–Crippen LogP) is 4.39. The Labute approximate surface area is 131 Å². The van der Waals surface area contributed by atoms with Gasteiger partial charge < -0.3 is 4.90 Å². The number of amides is 1. The van der Waals surface area contributed by atoms with Gasteiger partial charge >= 0.3 is 0 Å². The van der Waals surface area contributed by atoms with Crippen LogP contribution < -0.4 is 0 Å². The molecule has 0 N–H and O–H groups in total. The normalized spacial score (nSPS) is 14.0. The van der Waals surface area contributed by atoms with E-state index in [9.17, 15) is 9.18 Å². The topological polar surface area (TPSA) is 20.3 Å². The monoisotopic (exact) mass is 347 g/mol. The molecule has 3 rings (SSSR count). The van der Waals surface area contributed by atoms with E-state index in [0.29, 0.717) is 11.0 Å². The molecular weight excluding hydrogens is 333 g/mol. The lowest BCUT2D eigenvalue weighted by Gasteiger charge is -2.23. The highest BCUT2D eigenvalue weighted by atomic mass is 79.9.